The second kappa shape index (κ2) is 3.91. The fourth-order valence-corrected chi connectivity index (χ4v) is 1.29. The van der Waals surface area contributed by atoms with E-state index in [1.807, 2.05) is 0 Å². The summed E-state index contributed by atoms with van der Waals surface area (Å²) in [6.45, 7) is 4.47. The van der Waals surface area contributed by atoms with Gasteiger partial charge in [-0.1, -0.05) is 41.9 Å². The Hall–Kier alpha value is -0.300. The van der Waals surface area contributed by atoms with E-state index in [1.54, 1.807) is 0 Å². The minimum Gasteiger partial charge on any atom is -0.0648 e. The van der Waals surface area contributed by atoms with Gasteiger partial charge >= 0.3 is 0 Å². The summed E-state index contributed by atoms with van der Waals surface area (Å²) in [5.41, 5.74) is 1.43. The second-order valence-electron chi connectivity index (χ2n) is 2.86. The van der Waals surface area contributed by atoms with Gasteiger partial charge in [-0.3, -0.25) is 0 Å². The molecule has 0 unspecified atom stereocenters. The van der Waals surface area contributed by atoms with Crippen LogP contribution in [-0.4, -0.2) is 0 Å². The van der Waals surface area contributed by atoms with Crippen LogP contribution in [0.1, 0.15) is 31.7 Å². The molecule has 0 bridgehead atoms. The first-order chi connectivity index (χ1) is 5.24. The van der Waals surface area contributed by atoms with Crippen molar-refractivity contribution in [3.63, 3.8) is 0 Å². The molecule has 0 N–H and O–H groups in total. The Balaban J connectivity index is 2.81. The van der Waals surface area contributed by atoms with Gasteiger partial charge < -0.3 is 0 Å². The number of hydrogen-bond acceptors (Lipinski definition) is 0. The van der Waals surface area contributed by atoms with E-state index < -0.39 is 0 Å². The highest BCUT2D eigenvalue weighted by atomic mass is 79.9. The molecule has 0 aliphatic rings. The third-order valence-corrected chi connectivity index (χ3v) is 2.58. The van der Waals surface area contributed by atoms with Crippen molar-refractivity contribution in [3.05, 3.63) is 34.3 Å². The molecule has 0 aromatic heterocycles. The first kappa shape index (κ1) is 8.79. The lowest BCUT2D eigenvalue weighted by atomic mass is 9.99. The molecule has 1 heteroatoms. The van der Waals surface area contributed by atoms with Crippen LogP contribution in [0.2, 0.25) is 0 Å². The van der Waals surface area contributed by atoms with E-state index in [2.05, 4.69) is 54.0 Å². The minimum absolute atomic E-state index is 0.683. The van der Waals surface area contributed by atoms with Crippen LogP contribution in [0, 0.1) is 0 Å². The van der Waals surface area contributed by atoms with Crippen LogP contribution in [0.3, 0.4) is 0 Å². The predicted octanol–water partition coefficient (Wildman–Crippen LogP) is 3.96. The van der Waals surface area contributed by atoms with Crippen molar-refractivity contribution < 1.29 is 0 Å². The fourth-order valence-electron chi connectivity index (χ4n) is 1.03. The van der Waals surface area contributed by atoms with Gasteiger partial charge in [-0.2, -0.15) is 0 Å². The van der Waals surface area contributed by atoms with Crippen molar-refractivity contribution >= 4 is 15.9 Å². The van der Waals surface area contributed by atoms with Crippen molar-refractivity contribution in [1.29, 1.82) is 0 Å². The Kier molecular flexibility index (Phi) is 3.13. The van der Waals surface area contributed by atoms with Gasteiger partial charge in [0.2, 0.25) is 0 Å². The number of benzene rings is 1. The molecular formula is C10H13Br. The Morgan fingerprint density at radius 1 is 1.27 bits per heavy atom. The summed E-state index contributed by atoms with van der Waals surface area (Å²) in [7, 11) is 0. The molecule has 0 heterocycles. The lowest BCUT2D eigenvalue weighted by molar-refractivity contribution is 0.733. The van der Waals surface area contributed by atoms with Gasteiger partial charge in [0.1, 0.15) is 0 Å². The van der Waals surface area contributed by atoms with Gasteiger partial charge in [0.05, 0.1) is 0 Å². The maximum Gasteiger partial charge on any atom is 0.0175 e. The molecule has 11 heavy (non-hydrogen) atoms. The van der Waals surface area contributed by atoms with Crippen LogP contribution in [0.15, 0.2) is 28.7 Å². The highest BCUT2D eigenvalue weighted by Crippen LogP contribution is 2.20. The normalized spacial score (nSPS) is 13.0. The number of hydrogen-bond donors (Lipinski definition) is 0. The van der Waals surface area contributed by atoms with Crippen LogP contribution >= 0.6 is 15.9 Å². The van der Waals surface area contributed by atoms with E-state index >= 15 is 0 Å². The van der Waals surface area contributed by atoms with E-state index in [0.717, 1.165) is 4.47 Å². The molecule has 0 nitrogen and oxygen atoms in total. The maximum absolute atomic E-state index is 3.42. The third kappa shape index (κ3) is 2.33. The van der Waals surface area contributed by atoms with E-state index in [0.29, 0.717) is 5.92 Å². The van der Waals surface area contributed by atoms with Crippen LogP contribution < -0.4 is 0 Å². The third-order valence-electron chi connectivity index (χ3n) is 2.05. The molecule has 0 amide bonds. The average molecular weight is 213 g/mol. The van der Waals surface area contributed by atoms with Crippen LogP contribution in [0.5, 0.6) is 0 Å². The summed E-state index contributed by atoms with van der Waals surface area (Å²) in [4.78, 5) is 0. The molecule has 0 spiro atoms. The Bertz CT molecular complexity index is 213. The summed E-state index contributed by atoms with van der Waals surface area (Å²) < 4.78 is 1.16. The zero-order valence-corrected chi connectivity index (χ0v) is 8.56. The Morgan fingerprint density at radius 2 is 1.82 bits per heavy atom. The fraction of sp³-hybridized carbons (Fsp3) is 0.400. The second-order valence-corrected chi connectivity index (χ2v) is 3.78. The van der Waals surface area contributed by atoms with Crippen molar-refractivity contribution in [1.82, 2.24) is 0 Å². The van der Waals surface area contributed by atoms with E-state index in [1.165, 1.54) is 12.0 Å². The largest absolute Gasteiger partial charge is 0.0648 e. The van der Waals surface area contributed by atoms with Crippen LogP contribution in [-0.2, 0) is 0 Å². The first-order valence-electron chi connectivity index (χ1n) is 3.99. The molecule has 1 rings (SSSR count). The van der Waals surface area contributed by atoms with Gasteiger partial charge in [0, 0.05) is 4.47 Å². The Morgan fingerprint density at radius 3 is 2.27 bits per heavy atom. The average Bonchev–Trinajstić information content (AvgIpc) is 2.05. The summed E-state index contributed by atoms with van der Waals surface area (Å²) in [5, 5.41) is 0. The quantitative estimate of drug-likeness (QED) is 0.697. The molecule has 60 valence electrons. The molecule has 0 radical (unpaired) electrons. The molecule has 1 aromatic carbocycles. The van der Waals surface area contributed by atoms with Gasteiger partial charge in [-0.25, -0.2) is 0 Å². The number of rotatable bonds is 2. The summed E-state index contributed by atoms with van der Waals surface area (Å²) in [6, 6.07) is 8.56. The maximum atomic E-state index is 3.42. The molecule has 0 saturated carbocycles. The highest BCUT2D eigenvalue weighted by molar-refractivity contribution is 9.10. The lowest BCUT2D eigenvalue weighted by Gasteiger charge is -2.07. The molecule has 0 aliphatic carbocycles. The van der Waals surface area contributed by atoms with Crippen LogP contribution in [0.4, 0.5) is 0 Å². The zero-order valence-electron chi connectivity index (χ0n) is 6.97. The Labute approximate surface area is 76.8 Å². The van der Waals surface area contributed by atoms with Crippen molar-refractivity contribution in [2.24, 2.45) is 0 Å². The number of halogens is 1. The van der Waals surface area contributed by atoms with Crippen molar-refractivity contribution in [3.8, 4) is 0 Å². The SMILES string of the molecule is CC[C@@H](C)c1ccc(Br)cc1. The first-order valence-corrected chi connectivity index (χ1v) is 4.78. The smallest absolute Gasteiger partial charge is 0.0175 e. The topological polar surface area (TPSA) is 0 Å². The van der Waals surface area contributed by atoms with E-state index in [-0.39, 0.29) is 0 Å². The molecule has 1 aromatic rings. The van der Waals surface area contributed by atoms with Gasteiger partial charge in [-0.15, -0.1) is 0 Å². The molecule has 0 aliphatic heterocycles. The zero-order chi connectivity index (χ0) is 8.27. The van der Waals surface area contributed by atoms with Gasteiger partial charge in [0.15, 0.2) is 0 Å². The van der Waals surface area contributed by atoms with Crippen molar-refractivity contribution in [2.45, 2.75) is 26.2 Å². The van der Waals surface area contributed by atoms with E-state index in [9.17, 15) is 0 Å². The molecule has 0 saturated heterocycles. The standard InChI is InChI=1S/C10H13Br/c1-3-8(2)9-4-6-10(11)7-5-9/h4-8H,3H2,1-2H3/t8-/m1/s1. The molecule has 1 atom stereocenters. The summed E-state index contributed by atoms with van der Waals surface area (Å²) in [6.07, 6.45) is 1.21. The van der Waals surface area contributed by atoms with E-state index in [4.69, 9.17) is 0 Å². The lowest BCUT2D eigenvalue weighted by Crippen LogP contribution is -1.89. The minimum atomic E-state index is 0.683. The van der Waals surface area contributed by atoms with Crippen LogP contribution in [0.25, 0.3) is 0 Å². The van der Waals surface area contributed by atoms with Gasteiger partial charge in [0.25, 0.3) is 0 Å². The predicted molar refractivity (Wildman–Crippen MR) is 52.8 cm³/mol. The van der Waals surface area contributed by atoms with Crippen molar-refractivity contribution in [2.75, 3.05) is 0 Å². The van der Waals surface area contributed by atoms with Gasteiger partial charge in [-0.05, 0) is 30.0 Å². The summed E-state index contributed by atoms with van der Waals surface area (Å²) >= 11 is 3.42. The highest BCUT2D eigenvalue weighted by Gasteiger charge is 2.00. The summed E-state index contributed by atoms with van der Waals surface area (Å²) in [5.74, 6) is 0.683. The molecular weight excluding hydrogens is 200 g/mol. The monoisotopic (exact) mass is 212 g/mol. The molecule has 0 fully saturated rings.